The van der Waals surface area contributed by atoms with Crippen LogP contribution in [0, 0.1) is 0 Å². The van der Waals surface area contributed by atoms with Gasteiger partial charge in [-0.1, -0.05) is 37.3 Å². The zero-order valence-corrected chi connectivity index (χ0v) is 12.5. The van der Waals surface area contributed by atoms with Gasteiger partial charge in [-0.3, -0.25) is 4.90 Å². The van der Waals surface area contributed by atoms with E-state index in [0.717, 1.165) is 22.9 Å². The van der Waals surface area contributed by atoms with Crippen molar-refractivity contribution in [2.75, 3.05) is 7.05 Å². The van der Waals surface area contributed by atoms with E-state index >= 15 is 0 Å². The fourth-order valence-corrected chi connectivity index (χ4v) is 3.10. The molecular formula is C15H18N2O2S. The van der Waals surface area contributed by atoms with Gasteiger partial charge in [0.2, 0.25) is 0 Å². The average molecular weight is 290 g/mol. The summed E-state index contributed by atoms with van der Waals surface area (Å²) in [6.45, 7) is 3.38. The lowest BCUT2D eigenvalue weighted by Gasteiger charge is -2.15. The summed E-state index contributed by atoms with van der Waals surface area (Å²) in [5.41, 5.74) is 1.42. The Kier molecular flexibility index (Phi) is 4.87. The topological polar surface area (TPSA) is 53.4 Å². The van der Waals surface area contributed by atoms with Crippen molar-refractivity contribution in [3.63, 3.8) is 0 Å². The molecule has 5 heteroatoms. The Morgan fingerprint density at radius 2 is 2.00 bits per heavy atom. The number of rotatable bonds is 6. The summed E-state index contributed by atoms with van der Waals surface area (Å²) >= 11 is 1.49. The number of hydrogen-bond acceptors (Lipinski definition) is 4. The van der Waals surface area contributed by atoms with Gasteiger partial charge in [0, 0.05) is 13.1 Å². The smallest absolute Gasteiger partial charge is 0.355 e. The predicted molar refractivity (Wildman–Crippen MR) is 80.1 cm³/mol. The van der Waals surface area contributed by atoms with E-state index in [-0.39, 0.29) is 5.69 Å². The summed E-state index contributed by atoms with van der Waals surface area (Å²) in [4.78, 5) is 18.3. The minimum atomic E-state index is -0.941. The summed E-state index contributed by atoms with van der Waals surface area (Å²) in [6, 6.07) is 10.1. The van der Waals surface area contributed by atoms with Crippen LogP contribution in [0.2, 0.25) is 0 Å². The first-order valence-corrected chi connectivity index (χ1v) is 7.36. The van der Waals surface area contributed by atoms with Crippen LogP contribution in [0.5, 0.6) is 0 Å². The normalized spacial score (nSPS) is 10.9. The van der Waals surface area contributed by atoms with Crippen molar-refractivity contribution >= 4 is 17.3 Å². The number of nitrogens with zero attached hydrogens (tertiary/aromatic N) is 2. The van der Waals surface area contributed by atoms with Crippen molar-refractivity contribution in [3.8, 4) is 0 Å². The van der Waals surface area contributed by atoms with Crippen LogP contribution >= 0.6 is 11.3 Å². The highest BCUT2D eigenvalue weighted by Crippen LogP contribution is 2.21. The molecule has 0 unspecified atom stereocenters. The molecule has 0 aliphatic rings. The maximum atomic E-state index is 11.2. The molecule has 106 valence electrons. The van der Waals surface area contributed by atoms with Gasteiger partial charge < -0.3 is 5.11 Å². The minimum absolute atomic E-state index is 0.201. The fraction of sp³-hybridized carbons (Fsp3) is 0.333. The van der Waals surface area contributed by atoms with E-state index in [9.17, 15) is 9.90 Å². The van der Waals surface area contributed by atoms with Gasteiger partial charge in [0.15, 0.2) is 5.69 Å². The second-order valence-corrected chi connectivity index (χ2v) is 5.86. The third kappa shape index (κ3) is 3.65. The van der Waals surface area contributed by atoms with E-state index in [1.165, 1.54) is 16.9 Å². The number of carboxylic acids is 1. The number of aromatic nitrogens is 1. The minimum Gasteiger partial charge on any atom is -0.476 e. The summed E-state index contributed by atoms with van der Waals surface area (Å²) in [5, 5.41) is 10.1. The van der Waals surface area contributed by atoms with Gasteiger partial charge >= 0.3 is 5.97 Å². The van der Waals surface area contributed by atoms with E-state index in [4.69, 9.17) is 0 Å². The van der Waals surface area contributed by atoms with Crippen LogP contribution in [0.15, 0.2) is 30.3 Å². The third-order valence-corrected chi connectivity index (χ3v) is 4.14. The van der Waals surface area contributed by atoms with Crippen LogP contribution in [0.4, 0.5) is 0 Å². The highest BCUT2D eigenvalue weighted by atomic mass is 32.1. The number of thiazole rings is 1. The fourth-order valence-electron chi connectivity index (χ4n) is 2.02. The van der Waals surface area contributed by atoms with Crippen molar-refractivity contribution in [3.05, 3.63) is 51.5 Å². The summed E-state index contributed by atoms with van der Waals surface area (Å²) in [6.07, 6.45) is 0.771. The van der Waals surface area contributed by atoms with Crippen molar-refractivity contribution in [2.45, 2.75) is 26.4 Å². The van der Waals surface area contributed by atoms with Crippen molar-refractivity contribution in [1.29, 1.82) is 0 Å². The zero-order valence-electron chi connectivity index (χ0n) is 11.7. The van der Waals surface area contributed by atoms with Gasteiger partial charge in [-0.25, -0.2) is 9.78 Å². The summed E-state index contributed by atoms with van der Waals surface area (Å²) < 4.78 is 0. The lowest BCUT2D eigenvalue weighted by Crippen LogP contribution is -2.18. The quantitative estimate of drug-likeness (QED) is 0.888. The Morgan fingerprint density at radius 1 is 1.30 bits per heavy atom. The Labute approximate surface area is 122 Å². The van der Waals surface area contributed by atoms with Crippen molar-refractivity contribution < 1.29 is 9.90 Å². The van der Waals surface area contributed by atoms with Gasteiger partial charge in [-0.05, 0) is 19.0 Å². The Morgan fingerprint density at radius 3 is 2.60 bits per heavy atom. The molecule has 0 radical (unpaired) electrons. The molecule has 0 amide bonds. The van der Waals surface area contributed by atoms with Gasteiger partial charge in [0.1, 0.15) is 0 Å². The van der Waals surface area contributed by atoms with E-state index in [0.29, 0.717) is 6.54 Å². The van der Waals surface area contributed by atoms with Gasteiger partial charge in [-0.15, -0.1) is 11.3 Å². The maximum Gasteiger partial charge on any atom is 0.355 e. The van der Waals surface area contributed by atoms with Crippen molar-refractivity contribution in [1.82, 2.24) is 9.88 Å². The molecule has 1 aromatic heterocycles. The van der Waals surface area contributed by atoms with E-state index < -0.39 is 5.97 Å². The summed E-state index contributed by atoms with van der Waals surface area (Å²) in [7, 11) is 1.99. The first-order chi connectivity index (χ1) is 9.60. The number of carbonyl (C=O) groups is 1. The Balaban J connectivity index is 2.09. The SMILES string of the molecule is CCc1nc(C(=O)O)c(CN(C)Cc2ccccc2)s1. The molecule has 0 bridgehead atoms. The number of aryl methyl sites for hydroxylation is 1. The number of aromatic carboxylic acids is 1. The van der Waals surface area contributed by atoms with Crippen molar-refractivity contribution in [2.24, 2.45) is 0 Å². The largest absolute Gasteiger partial charge is 0.476 e. The molecule has 1 N–H and O–H groups in total. The molecule has 1 aromatic carbocycles. The third-order valence-electron chi connectivity index (χ3n) is 2.96. The van der Waals surface area contributed by atoms with Crippen LogP contribution in [0.25, 0.3) is 0 Å². The molecule has 2 rings (SSSR count). The molecule has 0 aliphatic heterocycles. The zero-order chi connectivity index (χ0) is 14.5. The van der Waals surface area contributed by atoms with E-state index in [1.807, 2.05) is 32.2 Å². The highest BCUT2D eigenvalue weighted by molar-refractivity contribution is 7.11. The number of carboxylic acid groups (broad SMARTS) is 1. The van der Waals surface area contributed by atoms with E-state index in [2.05, 4.69) is 22.0 Å². The van der Waals surface area contributed by atoms with Gasteiger partial charge in [0.05, 0.1) is 9.88 Å². The molecule has 0 spiro atoms. The first-order valence-electron chi connectivity index (χ1n) is 6.54. The first kappa shape index (κ1) is 14.7. The number of benzene rings is 1. The molecule has 4 nitrogen and oxygen atoms in total. The molecule has 2 aromatic rings. The van der Waals surface area contributed by atoms with Crippen LogP contribution in [0.3, 0.4) is 0 Å². The Hall–Kier alpha value is -1.72. The molecule has 0 saturated carbocycles. The van der Waals surface area contributed by atoms with Crippen LogP contribution < -0.4 is 0 Å². The number of hydrogen-bond donors (Lipinski definition) is 1. The van der Waals surface area contributed by atoms with Crippen LogP contribution in [-0.4, -0.2) is 28.0 Å². The van der Waals surface area contributed by atoms with Gasteiger partial charge in [0.25, 0.3) is 0 Å². The van der Waals surface area contributed by atoms with E-state index in [1.54, 1.807) is 0 Å². The summed E-state index contributed by atoms with van der Waals surface area (Å²) in [5.74, 6) is -0.941. The average Bonchev–Trinajstić information content (AvgIpc) is 2.83. The standard InChI is InChI=1S/C15H18N2O2S/c1-3-13-16-14(15(18)19)12(20-13)10-17(2)9-11-7-5-4-6-8-11/h4-8H,3,9-10H2,1-2H3,(H,18,19). The molecule has 0 aliphatic carbocycles. The lowest BCUT2D eigenvalue weighted by molar-refractivity contribution is 0.0689. The second-order valence-electron chi connectivity index (χ2n) is 4.70. The van der Waals surface area contributed by atoms with Crippen LogP contribution in [-0.2, 0) is 19.5 Å². The van der Waals surface area contributed by atoms with Gasteiger partial charge in [-0.2, -0.15) is 0 Å². The molecular weight excluding hydrogens is 272 g/mol. The molecule has 0 atom stereocenters. The lowest BCUT2D eigenvalue weighted by atomic mass is 10.2. The van der Waals surface area contributed by atoms with Crippen LogP contribution in [0.1, 0.15) is 32.9 Å². The highest BCUT2D eigenvalue weighted by Gasteiger charge is 2.17. The molecule has 0 saturated heterocycles. The second kappa shape index (κ2) is 6.63. The predicted octanol–water partition coefficient (Wildman–Crippen LogP) is 3.04. The Bertz CT molecular complexity index is 581. The molecule has 20 heavy (non-hydrogen) atoms. The monoisotopic (exact) mass is 290 g/mol. The molecule has 0 fully saturated rings. The molecule has 1 heterocycles. The maximum absolute atomic E-state index is 11.2.